The van der Waals surface area contributed by atoms with Crippen molar-refractivity contribution in [2.24, 2.45) is 17.8 Å². The molecule has 6 rings (SSSR count). The lowest BCUT2D eigenvalue weighted by Gasteiger charge is -2.55. The summed E-state index contributed by atoms with van der Waals surface area (Å²) in [4.78, 5) is 8.33. The van der Waals surface area contributed by atoms with Gasteiger partial charge in [0.1, 0.15) is 11.9 Å². The Bertz CT molecular complexity index is 699. The highest BCUT2D eigenvalue weighted by atomic mass is 32.1. The lowest BCUT2D eigenvalue weighted by Crippen LogP contribution is -2.61. The molecular weight excluding hydrogens is 320 g/mol. The zero-order valence-corrected chi connectivity index (χ0v) is 14.7. The van der Waals surface area contributed by atoms with Crippen LogP contribution in [-0.4, -0.2) is 42.7 Å². The van der Waals surface area contributed by atoms with E-state index in [0.29, 0.717) is 17.9 Å². The zero-order valence-electron chi connectivity index (χ0n) is 13.9. The van der Waals surface area contributed by atoms with E-state index in [4.69, 9.17) is 9.47 Å². The summed E-state index contributed by atoms with van der Waals surface area (Å²) in [6.07, 6.45) is 4.98. The van der Waals surface area contributed by atoms with Gasteiger partial charge in [0, 0.05) is 37.7 Å². The summed E-state index contributed by atoms with van der Waals surface area (Å²) in [5, 5.41) is 0.827. The minimum atomic E-state index is 0.368. The van der Waals surface area contributed by atoms with Gasteiger partial charge >= 0.3 is 0 Å². The number of hydrogen-bond acceptors (Lipinski definition) is 5. The van der Waals surface area contributed by atoms with Crippen LogP contribution >= 0.6 is 11.3 Å². The second-order valence-electron chi connectivity index (χ2n) is 7.38. The fourth-order valence-corrected chi connectivity index (χ4v) is 5.69. The standard InChI is InChI=1S/C19H22N2O2S/c1-22-16-4-2-13(3-5-16)17-8-20-19(24-17)23-18-14-6-12-7-15(18)11-21(9-12)10-14/h2-5,8,12,14-15,18H,6-7,9-11H2,1H3/t12?,14-,15-,18?/m0/s1. The van der Waals surface area contributed by atoms with E-state index in [9.17, 15) is 0 Å². The minimum absolute atomic E-state index is 0.368. The molecule has 126 valence electrons. The molecule has 4 bridgehead atoms. The van der Waals surface area contributed by atoms with Crippen LogP contribution in [0.5, 0.6) is 10.9 Å². The quantitative estimate of drug-likeness (QED) is 0.851. The van der Waals surface area contributed by atoms with Gasteiger partial charge in [-0.3, -0.25) is 0 Å². The Labute approximate surface area is 146 Å². The molecule has 0 N–H and O–H groups in total. The van der Waals surface area contributed by atoms with Crippen molar-refractivity contribution in [2.45, 2.75) is 18.9 Å². The van der Waals surface area contributed by atoms with Crippen LogP contribution in [0.3, 0.4) is 0 Å². The second-order valence-corrected chi connectivity index (χ2v) is 8.37. The summed E-state index contributed by atoms with van der Waals surface area (Å²) in [5.41, 5.74) is 1.17. The molecule has 1 aliphatic carbocycles. The number of ether oxygens (including phenoxy) is 2. The fraction of sp³-hybridized carbons (Fsp3) is 0.526. The monoisotopic (exact) mass is 342 g/mol. The van der Waals surface area contributed by atoms with Crippen molar-refractivity contribution >= 4 is 11.3 Å². The molecule has 1 saturated carbocycles. The number of hydrogen-bond donors (Lipinski definition) is 0. The van der Waals surface area contributed by atoms with Crippen molar-refractivity contribution in [3.63, 3.8) is 0 Å². The van der Waals surface area contributed by atoms with Crippen LogP contribution in [0.25, 0.3) is 10.4 Å². The van der Waals surface area contributed by atoms with Crippen LogP contribution in [0.15, 0.2) is 30.5 Å². The van der Waals surface area contributed by atoms with Crippen molar-refractivity contribution < 1.29 is 9.47 Å². The van der Waals surface area contributed by atoms with Crippen LogP contribution in [-0.2, 0) is 0 Å². The molecule has 24 heavy (non-hydrogen) atoms. The fourth-order valence-electron chi connectivity index (χ4n) is 4.87. The predicted octanol–water partition coefficient (Wildman–Crippen LogP) is 3.54. The molecule has 0 spiro atoms. The largest absolute Gasteiger partial charge is 0.497 e. The molecule has 2 aromatic rings. The lowest BCUT2D eigenvalue weighted by molar-refractivity contribution is -0.0985. The van der Waals surface area contributed by atoms with Crippen LogP contribution in [0, 0.1) is 17.8 Å². The molecule has 4 fully saturated rings. The van der Waals surface area contributed by atoms with Gasteiger partial charge in [0.25, 0.3) is 5.19 Å². The zero-order chi connectivity index (χ0) is 16.1. The van der Waals surface area contributed by atoms with Crippen molar-refractivity contribution in [1.29, 1.82) is 0 Å². The summed E-state index contributed by atoms with van der Waals surface area (Å²) in [6, 6.07) is 8.13. The maximum absolute atomic E-state index is 6.39. The third-order valence-corrected chi connectivity index (χ3v) is 6.74. The van der Waals surface area contributed by atoms with Crippen molar-refractivity contribution in [2.75, 3.05) is 26.7 Å². The normalized spacial score (nSPS) is 33.6. The maximum Gasteiger partial charge on any atom is 0.273 e. The first kappa shape index (κ1) is 14.7. The van der Waals surface area contributed by atoms with Gasteiger partial charge in [0.15, 0.2) is 0 Å². The maximum atomic E-state index is 6.39. The average molecular weight is 342 g/mol. The Morgan fingerprint density at radius 3 is 2.50 bits per heavy atom. The van der Waals surface area contributed by atoms with Gasteiger partial charge in [-0.05, 0) is 48.6 Å². The Morgan fingerprint density at radius 1 is 1.08 bits per heavy atom. The first-order chi connectivity index (χ1) is 11.8. The summed E-state index contributed by atoms with van der Waals surface area (Å²) >= 11 is 1.66. The van der Waals surface area contributed by atoms with Crippen molar-refractivity contribution in [3.05, 3.63) is 30.5 Å². The summed E-state index contributed by atoms with van der Waals surface area (Å²) in [7, 11) is 1.69. The van der Waals surface area contributed by atoms with Crippen molar-refractivity contribution in [3.8, 4) is 21.4 Å². The topological polar surface area (TPSA) is 34.6 Å². The molecule has 2 atom stereocenters. The van der Waals surface area contributed by atoms with Crippen LogP contribution in [0.4, 0.5) is 0 Å². The third kappa shape index (κ3) is 2.50. The lowest BCUT2D eigenvalue weighted by atomic mass is 9.66. The van der Waals surface area contributed by atoms with E-state index in [1.54, 1.807) is 18.4 Å². The molecule has 3 saturated heterocycles. The van der Waals surface area contributed by atoms with E-state index in [0.717, 1.165) is 21.7 Å². The van der Waals surface area contributed by atoms with Crippen LogP contribution in [0.1, 0.15) is 12.8 Å². The van der Waals surface area contributed by atoms with Gasteiger partial charge < -0.3 is 14.4 Å². The number of aromatic nitrogens is 1. The van der Waals surface area contributed by atoms with Gasteiger partial charge in [0.05, 0.1) is 12.0 Å². The summed E-state index contributed by atoms with van der Waals surface area (Å²) in [6.45, 7) is 3.75. The smallest absolute Gasteiger partial charge is 0.273 e. The van der Waals surface area contributed by atoms with Crippen molar-refractivity contribution in [1.82, 2.24) is 9.88 Å². The van der Waals surface area contributed by atoms with E-state index in [1.807, 2.05) is 18.3 Å². The van der Waals surface area contributed by atoms with E-state index < -0.39 is 0 Å². The van der Waals surface area contributed by atoms with Crippen LogP contribution < -0.4 is 9.47 Å². The number of thiazole rings is 1. The highest BCUT2D eigenvalue weighted by molar-refractivity contribution is 7.16. The molecule has 0 unspecified atom stereocenters. The second kappa shape index (κ2) is 5.74. The Morgan fingerprint density at radius 2 is 1.83 bits per heavy atom. The highest BCUT2D eigenvalue weighted by Crippen LogP contribution is 2.45. The Hall–Kier alpha value is -1.59. The summed E-state index contributed by atoms with van der Waals surface area (Å²) < 4.78 is 11.6. The summed E-state index contributed by atoms with van der Waals surface area (Å²) in [5.74, 6) is 3.19. The first-order valence-corrected chi connectivity index (χ1v) is 9.59. The SMILES string of the molecule is COc1ccc(-c2cnc(OC3[C@H]4CC5C[C@H]3CN(C5)C4)s2)cc1. The molecule has 0 radical (unpaired) electrons. The van der Waals surface area contributed by atoms with E-state index in [-0.39, 0.29) is 0 Å². The Balaban J connectivity index is 1.32. The molecule has 4 nitrogen and oxygen atoms in total. The highest BCUT2D eigenvalue weighted by Gasteiger charge is 2.48. The molecule has 1 aromatic carbocycles. The number of methoxy groups -OCH3 is 1. The first-order valence-electron chi connectivity index (χ1n) is 8.78. The third-order valence-electron chi connectivity index (χ3n) is 5.80. The van der Waals surface area contributed by atoms with Gasteiger partial charge in [-0.25, -0.2) is 4.98 Å². The van der Waals surface area contributed by atoms with E-state index >= 15 is 0 Å². The van der Waals surface area contributed by atoms with E-state index in [2.05, 4.69) is 22.0 Å². The molecule has 4 heterocycles. The minimum Gasteiger partial charge on any atom is -0.497 e. The number of nitrogens with zero attached hydrogens (tertiary/aromatic N) is 2. The Kier molecular flexibility index (Phi) is 3.52. The molecule has 4 aliphatic rings. The predicted molar refractivity (Wildman–Crippen MR) is 94.7 cm³/mol. The number of benzene rings is 1. The molecular formula is C19H22N2O2S. The van der Waals surface area contributed by atoms with E-state index in [1.165, 1.54) is 38.0 Å². The molecule has 0 amide bonds. The number of piperidine rings is 3. The molecule has 3 aliphatic heterocycles. The number of rotatable bonds is 4. The van der Waals surface area contributed by atoms with Gasteiger partial charge in [0.2, 0.25) is 0 Å². The van der Waals surface area contributed by atoms with Gasteiger partial charge in [-0.2, -0.15) is 0 Å². The van der Waals surface area contributed by atoms with Gasteiger partial charge in [-0.1, -0.05) is 11.3 Å². The van der Waals surface area contributed by atoms with Gasteiger partial charge in [-0.15, -0.1) is 0 Å². The van der Waals surface area contributed by atoms with Crippen LogP contribution in [0.2, 0.25) is 0 Å². The molecule has 5 heteroatoms. The molecule has 1 aromatic heterocycles. The average Bonchev–Trinajstić information content (AvgIpc) is 3.06.